The molecule has 0 N–H and O–H groups in total. The molecule has 29 heavy (non-hydrogen) atoms. The minimum absolute atomic E-state index is 0.212. The average Bonchev–Trinajstić information content (AvgIpc) is 3.18. The first-order chi connectivity index (χ1) is 14.0. The molecule has 1 fully saturated rings. The molecule has 1 aliphatic rings. The Bertz CT molecular complexity index is 1030. The molecule has 1 amide bonds. The van der Waals surface area contributed by atoms with Crippen molar-refractivity contribution in [3.8, 4) is 5.69 Å². The number of nitrogens with zero attached hydrogens (tertiary/aromatic N) is 6. The van der Waals surface area contributed by atoms with Gasteiger partial charge in [-0.05, 0) is 40.8 Å². The van der Waals surface area contributed by atoms with Crippen molar-refractivity contribution in [2.24, 2.45) is 0 Å². The normalized spacial score (nSPS) is 14.9. The smallest absolute Gasteiger partial charge is 0.254 e. The number of hydrogen-bond donors (Lipinski definition) is 0. The monoisotopic (exact) mass is 402 g/mol. The van der Waals surface area contributed by atoms with Crippen LogP contribution in [0.1, 0.15) is 16.2 Å². The third-order valence-corrected chi connectivity index (χ3v) is 4.78. The van der Waals surface area contributed by atoms with E-state index in [1.807, 2.05) is 0 Å². The maximum atomic E-state index is 13.5. The fourth-order valence-electron chi connectivity index (χ4n) is 3.23. The summed E-state index contributed by atoms with van der Waals surface area (Å²) in [6, 6.07) is 9.08. The molecule has 7 nitrogen and oxygen atoms in total. The number of tetrazole rings is 1. The van der Waals surface area contributed by atoms with Gasteiger partial charge in [-0.25, -0.2) is 13.2 Å². The summed E-state index contributed by atoms with van der Waals surface area (Å²) >= 11 is 0. The Balaban J connectivity index is 1.40. The van der Waals surface area contributed by atoms with E-state index in [1.165, 1.54) is 28.9 Å². The second kappa shape index (κ2) is 8.00. The lowest BCUT2D eigenvalue weighted by atomic mass is 10.1. The van der Waals surface area contributed by atoms with E-state index >= 15 is 0 Å². The Morgan fingerprint density at radius 1 is 0.966 bits per heavy atom. The standard InChI is InChI=1S/C19H17F3N6O/c20-14-3-1-2-13(10-14)19(29)27-8-6-26(7-9-27)12-18-23-24-25-28(18)15-4-5-16(21)17(22)11-15/h1-5,10-11H,6-9,12H2. The minimum Gasteiger partial charge on any atom is -0.336 e. The molecule has 2 aromatic carbocycles. The SMILES string of the molecule is O=C(c1cccc(F)c1)N1CCN(Cc2nnnn2-c2ccc(F)c(F)c2)CC1. The number of carbonyl (C=O) groups excluding carboxylic acids is 1. The van der Waals surface area contributed by atoms with Gasteiger partial charge in [-0.1, -0.05) is 6.07 Å². The zero-order valence-corrected chi connectivity index (χ0v) is 15.3. The third-order valence-electron chi connectivity index (χ3n) is 4.78. The van der Waals surface area contributed by atoms with Crippen molar-refractivity contribution in [1.82, 2.24) is 30.0 Å². The van der Waals surface area contributed by atoms with Crippen LogP contribution in [0.15, 0.2) is 42.5 Å². The number of carbonyl (C=O) groups is 1. The van der Waals surface area contributed by atoms with E-state index < -0.39 is 17.5 Å². The first-order valence-corrected chi connectivity index (χ1v) is 9.01. The summed E-state index contributed by atoms with van der Waals surface area (Å²) in [6.45, 7) is 2.48. The van der Waals surface area contributed by atoms with Crippen LogP contribution in [0.2, 0.25) is 0 Å². The quantitative estimate of drug-likeness (QED) is 0.668. The summed E-state index contributed by atoms with van der Waals surface area (Å²) in [7, 11) is 0. The summed E-state index contributed by atoms with van der Waals surface area (Å²) in [5.74, 6) is -2.11. The van der Waals surface area contributed by atoms with Crippen LogP contribution >= 0.6 is 0 Å². The van der Waals surface area contributed by atoms with Gasteiger partial charge in [-0.2, -0.15) is 4.68 Å². The Kier molecular flexibility index (Phi) is 5.26. The molecule has 0 saturated carbocycles. The van der Waals surface area contributed by atoms with Gasteiger partial charge in [0.05, 0.1) is 12.2 Å². The summed E-state index contributed by atoms with van der Waals surface area (Å²) in [5.41, 5.74) is 0.643. The van der Waals surface area contributed by atoms with E-state index in [-0.39, 0.29) is 5.91 Å². The summed E-state index contributed by atoms with van der Waals surface area (Å²) in [5, 5.41) is 11.5. The molecule has 0 atom stereocenters. The van der Waals surface area contributed by atoms with Crippen LogP contribution in [-0.4, -0.2) is 62.1 Å². The van der Waals surface area contributed by atoms with E-state index in [2.05, 4.69) is 20.4 Å². The molecule has 3 aromatic rings. The lowest BCUT2D eigenvalue weighted by molar-refractivity contribution is 0.0624. The summed E-state index contributed by atoms with van der Waals surface area (Å²) in [4.78, 5) is 16.2. The van der Waals surface area contributed by atoms with Crippen LogP contribution in [0.5, 0.6) is 0 Å². The fraction of sp³-hybridized carbons (Fsp3) is 0.263. The molecule has 1 aromatic heterocycles. The number of halogens is 3. The van der Waals surface area contributed by atoms with Gasteiger partial charge in [0.25, 0.3) is 5.91 Å². The fourth-order valence-corrected chi connectivity index (χ4v) is 3.23. The van der Waals surface area contributed by atoms with Gasteiger partial charge in [0.2, 0.25) is 0 Å². The van der Waals surface area contributed by atoms with Gasteiger partial charge >= 0.3 is 0 Å². The molecule has 0 bridgehead atoms. The van der Waals surface area contributed by atoms with Crippen molar-refractivity contribution in [3.63, 3.8) is 0 Å². The molecular formula is C19H17F3N6O. The van der Waals surface area contributed by atoms with Crippen LogP contribution in [0.4, 0.5) is 13.2 Å². The van der Waals surface area contributed by atoms with Crippen molar-refractivity contribution >= 4 is 5.91 Å². The Morgan fingerprint density at radius 2 is 1.76 bits per heavy atom. The maximum Gasteiger partial charge on any atom is 0.254 e. The van der Waals surface area contributed by atoms with Gasteiger partial charge in [0, 0.05) is 37.8 Å². The molecule has 0 radical (unpaired) electrons. The number of amides is 1. The van der Waals surface area contributed by atoms with Crippen LogP contribution in [-0.2, 0) is 6.54 Å². The van der Waals surface area contributed by atoms with Gasteiger partial charge in [0.1, 0.15) is 5.82 Å². The molecule has 1 aliphatic heterocycles. The lowest BCUT2D eigenvalue weighted by Crippen LogP contribution is -2.48. The van der Waals surface area contributed by atoms with Crippen LogP contribution < -0.4 is 0 Å². The number of hydrogen-bond acceptors (Lipinski definition) is 5. The summed E-state index contributed by atoms with van der Waals surface area (Å²) in [6.07, 6.45) is 0. The second-order valence-corrected chi connectivity index (χ2v) is 6.68. The predicted octanol–water partition coefficient (Wildman–Crippen LogP) is 2.04. The topological polar surface area (TPSA) is 67.2 Å². The highest BCUT2D eigenvalue weighted by atomic mass is 19.2. The third kappa shape index (κ3) is 4.11. The number of piperazine rings is 1. The summed E-state index contributed by atoms with van der Waals surface area (Å²) < 4.78 is 41.4. The minimum atomic E-state index is -0.978. The van der Waals surface area contributed by atoms with E-state index in [0.717, 1.165) is 12.1 Å². The maximum absolute atomic E-state index is 13.5. The van der Waals surface area contributed by atoms with E-state index in [1.54, 1.807) is 11.0 Å². The first kappa shape index (κ1) is 19.1. The highest BCUT2D eigenvalue weighted by Crippen LogP contribution is 2.15. The van der Waals surface area contributed by atoms with Crippen LogP contribution in [0.25, 0.3) is 5.69 Å². The highest BCUT2D eigenvalue weighted by molar-refractivity contribution is 5.94. The van der Waals surface area contributed by atoms with Crippen molar-refractivity contribution in [1.29, 1.82) is 0 Å². The molecule has 1 saturated heterocycles. The molecule has 150 valence electrons. The Hall–Kier alpha value is -3.27. The van der Waals surface area contributed by atoms with E-state index in [9.17, 15) is 18.0 Å². The lowest BCUT2D eigenvalue weighted by Gasteiger charge is -2.34. The van der Waals surface area contributed by atoms with Crippen molar-refractivity contribution in [2.75, 3.05) is 26.2 Å². The highest BCUT2D eigenvalue weighted by Gasteiger charge is 2.24. The zero-order valence-electron chi connectivity index (χ0n) is 15.3. The van der Waals surface area contributed by atoms with Crippen molar-refractivity contribution in [3.05, 3.63) is 71.3 Å². The second-order valence-electron chi connectivity index (χ2n) is 6.68. The molecule has 4 rings (SSSR count). The molecule has 0 unspecified atom stereocenters. The zero-order chi connectivity index (χ0) is 20.4. The van der Waals surface area contributed by atoms with Gasteiger partial charge in [0.15, 0.2) is 17.5 Å². The number of benzene rings is 2. The Labute approximate surface area is 164 Å². The van der Waals surface area contributed by atoms with E-state index in [0.29, 0.717) is 49.8 Å². The van der Waals surface area contributed by atoms with Gasteiger partial charge in [-0.15, -0.1) is 5.10 Å². The predicted molar refractivity (Wildman–Crippen MR) is 96.7 cm³/mol. The molecule has 0 spiro atoms. The molecule has 0 aliphatic carbocycles. The molecule has 10 heteroatoms. The van der Waals surface area contributed by atoms with Crippen molar-refractivity contribution < 1.29 is 18.0 Å². The average molecular weight is 402 g/mol. The molecule has 2 heterocycles. The van der Waals surface area contributed by atoms with Crippen LogP contribution in [0, 0.1) is 17.5 Å². The molecular weight excluding hydrogens is 385 g/mol. The first-order valence-electron chi connectivity index (χ1n) is 9.01. The Morgan fingerprint density at radius 3 is 2.48 bits per heavy atom. The van der Waals surface area contributed by atoms with Gasteiger partial charge < -0.3 is 4.90 Å². The van der Waals surface area contributed by atoms with E-state index in [4.69, 9.17) is 0 Å². The number of aromatic nitrogens is 4. The number of rotatable bonds is 4. The van der Waals surface area contributed by atoms with Gasteiger partial charge in [-0.3, -0.25) is 9.69 Å². The largest absolute Gasteiger partial charge is 0.336 e. The van der Waals surface area contributed by atoms with Crippen LogP contribution in [0.3, 0.4) is 0 Å². The van der Waals surface area contributed by atoms with Crippen molar-refractivity contribution in [2.45, 2.75) is 6.54 Å².